The zero-order chi connectivity index (χ0) is 20.1. The fourth-order valence-electron chi connectivity index (χ4n) is 3.14. The van der Waals surface area contributed by atoms with Crippen molar-refractivity contribution in [1.29, 1.82) is 0 Å². The van der Waals surface area contributed by atoms with Crippen LogP contribution < -0.4 is 14.8 Å². The maximum atomic E-state index is 12.2. The van der Waals surface area contributed by atoms with Gasteiger partial charge in [0, 0.05) is 29.1 Å². The topological polar surface area (TPSA) is 70.2 Å². The lowest BCUT2D eigenvalue weighted by Gasteiger charge is -2.31. The van der Waals surface area contributed by atoms with Gasteiger partial charge in [0.15, 0.2) is 0 Å². The first-order chi connectivity index (χ1) is 12.5. The molecule has 0 bridgehead atoms. The van der Waals surface area contributed by atoms with Gasteiger partial charge in [0.1, 0.15) is 0 Å². The highest BCUT2D eigenvalue weighted by Crippen LogP contribution is 2.28. The van der Waals surface area contributed by atoms with Gasteiger partial charge >= 0.3 is 0 Å². The fourth-order valence-corrected chi connectivity index (χ4v) is 5.14. The zero-order valence-electron chi connectivity index (χ0n) is 17.2. The van der Waals surface area contributed by atoms with E-state index < -0.39 is 10.0 Å². The molecule has 154 valence electrons. The van der Waals surface area contributed by atoms with Crippen molar-refractivity contribution in [2.45, 2.75) is 82.0 Å². The van der Waals surface area contributed by atoms with Gasteiger partial charge in [0.25, 0.3) is 0 Å². The molecule has 27 heavy (non-hydrogen) atoms. The molecule has 0 aliphatic heterocycles. The standard InChI is InChI=1S/C20H35N3O2S2/c1-15(2)23-27(24,25)19-12-10-17(11-13-19)21-14-16-6-8-18(9-7-16)22-26-20(3,4)5/h10-13,15-16,18,21-23H,6-9,14H2,1-5H3. The number of hydrogen-bond acceptors (Lipinski definition) is 5. The minimum absolute atomic E-state index is 0.112. The zero-order valence-corrected chi connectivity index (χ0v) is 18.8. The van der Waals surface area contributed by atoms with E-state index in [2.05, 4.69) is 35.5 Å². The third-order valence-electron chi connectivity index (χ3n) is 4.53. The third-order valence-corrected chi connectivity index (χ3v) is 7.27. The van der Waals surface area contributed by atoms with E-state index in [9.17, 15) is 8.42 Å². The maximum absolute atomic E-state index is 12.2. The average Bonchev–Trinajstić information content (AvgIpc) is 2.58. The first-order valence-corrected chi connectivity index (χ1v) is 12.1. The van der Waals surface area contributed by atoms with Crippen LogP contribution in [0.3, 0.4) is 0 Å². The molecule has 1 aromatic carbocycles. The molecule has 0 aromatic heterocycles. The van der Waals surface area contributed by atoms with Crippen molar-refractivity contribution in [3.8, 4) is 0 Å². The van der Waals surface area contributed by atoms with Crippen molar-refractivity contribution in [2.75, 3.05) is 11.9 Å². The van der Waals surface area contributed by atoms with Crippen LogP contribution >= 0.6 is 11.9 Å². The number of rotatable bonds is 8. The molecule has 0 heterocycles. The Hall–Kier alpha value is -0.760. The van der Waals surface area contributed by atoms with Crippen LogP contribution in [0.5, 0.6) is 0 Å². The Balaban J connectivity index is 1.76. The summed E-state index contributed by atoms with van der Waals surface area (Å²) in [7, 11) is -3.42. The van der Waals surface area contributed by atoms with Crippen molar-refractivity contribution in [3.63, 3.8) is 0 Å². The minimum Gasteiger partial charge on any atom is -0.385 e. The number of sulfonamides is 1. The predicted octanol–water partition coefficient (Wildman–Crippen LogP) is 4.38. The highest BCUT2D eigenvalue weighted by molar-refractivity contribution is 7.98. The molecular formula is C20H35N3O2S2. The van der Waals surface area contributed by atoms with Gasteiger partial charge in [0.2, 0.25) is 10.0 Å². The molecule has 0 saturated heterocycles. The van der Waals surface area contributed by atoms with E-state index in [4.69, 9.17) is 0 Å². The van der Waals surface area contributed by atoms with E-state index >= 15 is 0 Å². The van der Waals surface area contributed by atoms with Crippen LogP contribution in [0.25, 0.3) is 0 Å². The summed E-state index contributed by atoms with van der Waals surface area (Å²) in [5.74, 6) is 0.675. The summed E-state index contributed by atoms with van der Waals surface area (Å²) in [5.41, 5.74) is 0.974. The molecule has 1 fully saturated rings. The quantitative estimate of drug-likeness (QED) is 0.552. The summed E-state index contributed by atoms with van der Waals surface area (Å²) in [4.78, 5) is 0.310. The van der Waals surface area contributed by atoms with Gasteiger partial charge in [0.05, 0.1) is 4.90 Å². The number of anilines is 1. The van der Waals surface area contributed by atoms with Crippen molar-refractivity contribution in [3.05, 3.63) is 24.3 Å². The van der Waals surface area contributed by atoms with Gasteiger partial charge in [-0.25, -0.2) is 13.1 Å². The molecule has 0 unspecified atom stereocenters. The van der Waals surface area contributed by atoms with Crippen LogP contribution in [-0.4, -0.2) is 31.8 Å². The second-order valence-electron chi connectivity index (χ2n) is 8.73. The van der Waals surface area contributed by atoms with Gasteiger partial charge < -0.3 is 5.32 Å². The predicted molar refractivity (Wildman–Crippen MR) is 117 cm³/mol. The molecule has 1 aliphatic rings. The lowest BCUT2D eigenvalue weighted by molar-refractivity contribution is 0.328. The van der Waals surface area contributed by atoms with Crippen molar-refractivity contribution >= 4 is 27.7 Å². The van der Waals surface area contributed by atoms with Crippen molar-refractivity contribution in [2.24, 2.45) is 5.92 Å². The molecule has 0 spiro atoms. The highest BCUT2D eigenvalue weighted by atomic mass is 32.2. The Kier molecular flexibility index (Phi) is 8.04. The van der Waals surface area contributed by atoms with E-state index in [1.807, 2.05) is 37.9 Å². The van der Waals surface area contributed by atoms with E-state index in [1.165, 1.54) is 25.7 Å². The summed E-state index contributed by atoms with van der Waals surface area (Å²) in [6.07, 6.45) is 4.88. The number of benzene rings is 1. The molecular weight excluding hydrogens is 378 g/mol. The molecule has 0 amide bonds. The van der Waals surface area contributed by atoms with Gasteiger partial charge in [-0.1, -0.05) is 11.9 Å². The largest absolute Gasteiger partial charge is 0.385 e. The van der Waals surface area contributed by atoms with Gasteiger partial charge in [-0.05, 0) is 90.5 Å². The highest BCUT2D eigenvalue weighted by Gasteiger charge is 2.23. The Morgan fingerprint density at radius 1 is 1.07 bits per heavy atom. The summed E-state index contributed by atoms with van der Waals surface area (Å²) in [6.45, 7) is 11.3. The van der Waals surface area contributed by atoms with E-state index in [-0.39, 0.29) is 10.8 Å². The van der Waals surface area contributed by atoms with Gasteiger partial charge in [-0.3, -0.25) is 4.72 Å². The molecule has 1 aromatic rings. The first-order valence-electron chi connectivity index (χ1n) is 9.85. The van der Waals surface area contributed by atoms with Crippen LogP contribution in [0.1, 0.15) is 60.3 Å². The second kappa shape index (κ2) is 9.63. The third kappa shape index (κ3) is 8.02. The smallest absolute Gasteiger partial charge is 0.240 e. The Labute approximate surface area is 169 Å². The van der Waals surface area contributed by atoms with Gasteiger partial charge in [-0.2, -0.15) is 0 Å². The summed E-state index contributed by atoms with van der Waals surface area (Å²) >= 11 is 1.84. The molecule has 1 saturated carbocycles. The molecule has 1 aliphatic carbocycles. The van der Waals surface area contributed by atoms with Gasteiger partial charge in [-0.15, -0.1) is 0 Å². The Morgan fingerprint density at radius 3 is 2.19 bits per heavy atom. The van der Waals surface area contributed by atoms with E-state index in [1.54, 1.807) is 12.1 Å². The molecule has 3 N–H and O–H groups in total. The SMILES string of the molecule is CC(C)NS(=O)(=O)c1ccc(NCC2CCC(NSC(C)(C)C)CC2)cc1. The summed E-state index contributed by atoms with van der Waals surface area (Å²) < 4.78 is 30.8. The van der Waals surface area contributed by atoms with Crippen LogP contribution in [0.2, 0.25) is 0 Å². The Bertz CT molecular complexity index is 674. The fraction of sp³-hybridized carbons (Fsp3) is 0.700. The lowest BCUT2D eigenvalue weighted by Crippen LogP contribution is -2.33. The van der Waals surface area contributed by atoms with Crippen LogP contribution in [0.15, 0.2) is 29.2 Å². The molecule has 0 atom stereocenters. The summed E-state index contributed by atoms with van der Waals surface area (Å²) in [5, 5.41) is 3.46. The molecule has 7 heteroatoms. The van der Waals surface area contributed by atoms with Crippen molar-refractivity contribution in [1.82, 2.24) is 9.44 Å². The maximum Gasteiger partial charge on any atom is 0.240 e. The molecule has 2 rings (SSSR count). The monoisotopic (exact) mass is 413 g/mol. The normalized spacial score (nSPS) is 21.4. The first kappa shape index (κ1) is 22.5. The minimum atomic E-state index is -3.42. The van der Waals surface area contributed by atoms with Crippen LogP contribution in [0.4, 0.5) is 5.69 Å². The van der Waals surface area contributed by atoms with E-state index in [0.29, 0.717) is 16.9 Å². The van der Waals surface area contributed by atoms with E-state index in [0.717, 1.165) is 12.2 Å². The number of hydrogen-bond donors (Lipinski definition) is 3. The lowest BCUT2D eigenvalue weighted by atomic mass is 9.86. The molecule has 0 radical (unpaired) electrons. The van der Waals surface area contributed by atoms with Crippen molar-refractivity contribution < 1.29 is 8.42 Å². The molecule has 5 nitrogen and oxygen atoms in total. The van der Waals surface area contributed by atoms with Crippen LogP contribution in [-0.2, 0) is 10.0 Å². The average molecular weight is 414 g/mol. The summed E-state index contributed by atoms with van der Waals surface area (Å²) in [6, 6.07) is 7.53. The number of nitrogens with one attached hydrogen (secondary N) is 3. The second-order valence-corrected chi connectivity index (χ2v) is 12.1. The van der Waals surface area contributed by atoms with Crippen LogP contribution in [0, 0.1) is 5.92 Å². The Morgan fingerprint density at radius 2 is 1.67 bits per heavy atom.